The highest BCUT2D eigenvalue weighted by molar-refractivity contribution is 5.72. The number of hydrogen-bond donors (Lipinski definition) is 4. The van der Waals surface area contributed by atoms with Crippen LogP contribution in [0.4, 0.5) is 4.79 Å². The van der Waals surface area contributed by atoms with Crippen LogP contribution in [0.3, 0.4) is 0 Å². The van der Waals surface area contributed by atoms with E-state index in [-0.39, 0.29) is 6.17 Å². The molecule has 0 aromatic rings. The highest BCUT2D eigenvalue weighted by Crippen LogP contribution is 1.80. The largest absolute Gasteiger partial charge is 0.339 e. The summed E-state index contributed by atoms with van der Waals surface area (Å²) in [4.78, 5) is 10.5. The van der Waals surface area contributed by atoms with Crippen molar-refractivity contribution < 1.29 is 10.0 Å². The van der Waals surface area contributed by atoms with E-state index in [2.05, 4.69) is 10.6 Å². The van der Waals surface area contributed by atoms with Gasteiger partial charge in [-0.2, -0.15) is 0 Å². The van der Waals surface area contributed by atoms with Crippen molar-refractivity contribution in [1.29, 1.82) is 0 Å². The Morgan fingerprint density at radius 1 is 1.36 bits per heavy atom. The Kier molecular flexibility index (Phi) is 4.56. The van der Waals surface area contributed by atoms with Gasteiger partial charge in [-0.15, -0.1) is 0 Å². The minimum Gasteiger partial charge on any atom is -0.321 e. The predicted octanol–water partition coefficient (Wildman–Crippen LogP) is 0.0188. The first-order valence-electron chi connectivity index (χ1n) is 3.53. The summed E-state index contributed by atoms with van der Waals surface area (Å²) < 4.78 is 0. The topological polar surface area (TPSA) is 73.4 Å². The summed E-state index contributed by atoms with van der Waals surface area (Å²) in [5.74, 6) is 0. The van der Waals surface area contributed by atoms with Crippen LogP contribution in [0.15, 0.2) is 0 Å². The van der Waals surface area contributed by atoms with E-state index in [1.807, 2.05) is 13.8 Å². The number of carbonyl (C=O) groups is 1. The van der Waals surface area contributed by atoms with E-state index in [1.54, 1.807) is 6.92 Å². The molecule has 0 spiro atoms. The molecule has 1 atom stereocenters. The fraction of sp³-hybridized carbons (Fsp3) is 0.833. The Morgan fingerprint density at radius 3 is 2.27 bits per heavy atom. The highest BCUT2D eigenvalue weighted by atomic mass is 16.5. The van der Waals surface area contributed by atoms with E-state index in [9.17, 15) is 4.79 Å². The zero-order chi connectivity index (χ0) is 8.85. The van der Waals surface area contributed by atoms with Crippen LogP contribution in [0.2, 0.25) is 0 Å². The van der Waals surface area contributed by atoms with Gasteiger partial charge in [-0.05, 0) is 20.8 Å². The first-order chi connectivity index (χ1) is 5.06. The molecule has 4 N–H and O–H groups in total. The zero-order valence-corrected chi connectivity index (χ0v) is 7.01. The van der Waals surface area contributed by atoms with Gasteiger partial charge in [-0.25, -0.2) is 10.3 Å². The quantitative estimate of drug-likeness (QED) is 0.268. The maximum atomic E-state index is 10.5. The number of urea groups is 1. The molecule has 0 aromatic carbocycles. The highest BCUT2D eigenvalue weighted by Gasteiger charge is 2.05. The standard InChI is InChI=1S/C6H15N3O2/c1-4(2)7-5(3)8-6(10)9-11/h4-5,7,11H,1-3H3,(H2,8,9,10). The van der Waals surface area contributed by atoms with E-state index >= 15 is 0 Å². The molecule has 5 nitrogen and oxygen atoms in total. The van der Waals surface area contributed by atoms with Crippen molar-refractivity contribution in [2.45, 2.75) is 33.0 Å². The third-order valence-electron chi connectivity index (χ3n) is 1.03. The number of rotatable bonds is 3. The molecular formula is C6H15N3O2. The smallest absolute Gasteiger partial charge is 0.321 e. The van der Waals surface area contributed by atoms with Crippen molar-refractivity contribution in [2.75, 3.05) is 0 Å². The number of hydroxylamine groups is 1. The first kappa shape index (κ1) is 10.2. The van der Waals surface area contributed by atoms with Gasteiger partial charge in [0.25, 0.3) is 0 Å². The number of hydrogen-bond acceptors (Lipinski definition) is 3. The van der Waals surface area contributed by atoms with Crippen molar-refractivity contribution in [3.05, 3.63) is 0 Å². The Hall–Kier alpha value is -0.810. The van der Waals surface area contributed by atoms with E-state index in [1.165, 1.54) is 5.48 Å². The molecule has 0 saturated carbocycles. The molecule has 0 aromatic heterocycles. The normalized spacial score (nSPS) is 12.8. The summed E-state index contributed by atoms with van der Waals surface area (Å²) in [5.41, 5.74) is 1.48. The molecule has 11 heavy (non-hydrogen) atoms. The van der Waals surface area contributed by atoms with Gasteiger partial charge in [-0.1, -0.05) is 0 Å². The van der Waals surface area contributed by atoms with Gasteiger partial charge in [0, 0.05) is 6.04 Å². The molecule has 66 valence electrons. The van der Waals surface area contributed by atoms with Gasteiger partial charge in [0.2, 0.25) is 0 Å². The van der Waals surface area contributed by atoms with Crippen LogP contribution in [0.5, 0.6) is 0 Å². The van der Waals surface area contributed by atoms with Crippen LogP contribution in [0.1, 0.15) is 20.8 Å². The first-order valence-corrected chi connectivity index (χ1v) is 3.53. The lowest BCUT2D eigenvalue weighted by molar-refractivity contribution is 0.157. The van der Waals surface area contributed by atoms with Crippen LogP contribution in [0, 0.1) is 0 Å². The molecule has 0 aliphatic rings. The molecule has 0 fully saturated rings. The molecule has 2 amide bonds. The van der Waals surface area contributed by atoms with Gasteiger partial charge in [0.15, 0.2) is 0 Å². The molecule has 0 aliphatic heterocycles. The number of amides is 2. The molecule has 1 unspecified atom stereocenters. The molecule has 0 heterocycles. The maximum absolute atomic E-state index is 10.5. The lowest BCUT2D eigenvalue weighted by Gasteiger charge is -2.17. The Balaban J connectivity index is 3.51. The van der Waals surface area contributed by atoms with Crippen molar-refractivity contribution in [3.8, 4) is 0 Å². The molecule has 0 radical (unpaired) electrons. The SMILES string of the molecule is CC(C)NC(C)NC(=O)NO. The summed E-state index contributed by atoms with van der Waals surface area (Å²) in [7, 11) is 0. The van der Waals surface area contributed by atoms with Crippen LogP contribution < -0.4 is 16.1 Å². The molecular weight excluding hydrogens is 146 g/mol. The summed E-state index contributed by atoms with van der Waals surface area (Å²) >= 11 is 0. The average Bonchev–Trinajstić information content (AvgIpc) is 1.85. The summed E-state index contributed by atoms with van der Waals surface area (Å²) in [6, 6.07) is -0.311. The van der Waals surface area contributed by atoms with E-state index in [4.69, 9.17) is 5.21 Å². The van der Waals surface area contributed by atoms with Crippen molar-refractivity contribution in [1.82, 2.24) is 16.1 Å². The van der Waals surface area contributed by atoms with Crippen molar-refractivity contribution >= 4 is 6.03 Å². The van der Waals surface area contributed by atoms with Crippen LogP contribution >= 0.6 is 0 Å². The fourth-order valence-electron chi connectivity index (χ4n) is 0.771. The Labute approximate surface area is 66.1 Å². The van der Waals surface area contributed by atoms with Crippen LogP contribution in [0.25, 0.3) is 0 Å². The van der Waals surface area contributed by atoms with Crippen molar-refractivity contribution in [3.63, 3.8) is 0 Å². The van der Waals surface area contributed by atoms with Crippen LogP contribution in [-0.2, 0) is 0 Å². The van der Waals surface area contributed by atoms with Crippen LogP contribution in [-0.4, -0.2) is 23.4 Å². The molecule has 0 saturated heterocycles. The van der Waals surface area contributed by atoms with E-state index in [0.717, 1.165) is 0 Å². The third kappa shape index (κ3) is 5.63. The molecule has 0 aliphatic carbocycles. The second-order valence-electron chi connectivity index (χ2n) is 2.63. The summed E-state index contributed by atoms with van der Waals surface area (Å²) in [5, 5.41) is 13.6. The molecule has 5 heteroatoms. The zero-order valence-electron chi connectivity index (χ0n) is 7.01. The minimum atomic E-state index is -0.606. The van der Waals surface area contributed by atoms with E-state index in [0.29, 0.717) is 6.04 Å². The predicted molar refractivity (Wildman–Crippen MR) is 41.2 cm³/mol. The second kappa shape index (κ2) is 4.92. The van der Waals surface area contributed by atoms with Gasteiger partial charge in [0.05, 0.1) is 6.17 Å². The fourth-order valence-corrected chi connectivity index (χ4v) is 0.771. The van der Waals surface area contributed by atoms with Gasteiger partial charge < -0.3 is 5.32 Å². The third-order valence-corrected chi connectivity index (χ3v) is 1.03. The number of carbonyl (C=O) groups excluding carboxylic acids is 1. The Bertz CT molecular complexity index is 127. The Morgan fingerprint density at radius 2 is 1.91 bits per heavy atom. The number of nitrogens with one attached hydrogen (secondary N) is 3. The summed E-state index contributed by atoms with van der Waals surface area (Å²) in [6.07, 6.45) is -0.151. The summed E-state index contributed by atoms with van der Waals surface area (Å²) in [6.45, 7) is 5.72. The van der Waals surface area contributed by atoms with E-state index < -0.39 is 6.03 Å². The monoisotopic (exact) mass is 161 g/mol. The minimum absolute atomic E-state index is 0.151. The van der Waals surface area contributed by atoms with Gasteiger partial charge >= 0.3 is 6.03 Å². The van der Waals surface area contributed by atoms with Crippen molar-refractivity contribution in [2.24, 2.45) is 0 Å². The lowest BCUT2D eigenvalue weighted by atomic mass is 10.4. The van der Waals surface area contributed by atoms with Gasteiger partial charge in [0.1, 0.15) is 0 Å². The molecule has 0 rings (SSSR count). The second-order valence-corrected chi connectivity index (χ2v) is 2.63. The average molecular weight is 161 g/mol. The lowest BCUT2D eigenvalue weighted by Crippen LogP contribution is -2.48. The molecule has 0 bridgehead atoms. The maximum Gasteiger partial charge on any atom is 0.339 e. The van der Waals surface area contributed by atoms with Gasteiger partial charge in [-0.3, -0.25) is 10.5 Å².